The van der Waals surface area contributed by atoms with Crippen LogP contribution >= 0.6 is 35.7 Å². The third-order valence-electron chi connectivity index (χ3n) is 4.98. The van der Waals surface area contributed by atoms with Gasteiger partial charge in [0.15, 0.2) is 4.32 Å². The van der Waals surface area contributed by atoms with E-state index in [1.54, 1.807) is 16.7 Å². The summed E-state index contributed by atoms with van der Waals surface area (Å²) in [6, 6.07) is 22.7. The SMILES string of the molecule is Cc1ccc(Sc2ccc(/C=C3\SC(=S)N(c4ccc(C)c(C)c4)C3=O)cc2)cc1. The summed E-state index contributed by atoms with van der Waals surface area (Å²) in [6.07, 6.45) is 1.92. The molecule has 150 valence electrons. The van der Waals surface area contributed by atoms with E-state index in [9.17, 15) is 4.79 Å². The number of hydrogen-bond donors (Lipinski definition) is 0. The van der Waals surface area contributed by atoms with Gasteiger partial charge in [0.2, 0.25) is 0 Å². The van der Waals surface area contributed by atoms with Crippen molar-refractivity contribution in [3.8, 4) is 0 Å². The van der Waals surface area contributed by atoms with Gasteiger partial charge in [-0.15, -0.1) is 0 Å². The molecule has 1 aliphatic heterocycles. The number of carbonyl (C=O) groups excluding carboxylic acids is 1. The zero-order chi connectivity index (χ0) is 21.3. The molecule has 3 aromatic carbocycles. The van der Waals surface area contributed by atoms with Gasteiger partial charge in [-0.1, -0.05) is 71.6 Å². The average molecular weight is 448 g/mol. The van der Waals surface area contributed by atoms with E-state index in [0.29, 0.717) is 9.23 Å². The molecule has 30 heavy (non-hydrogen) atoms. The quantitative estimate of drug-likeness (QED) is 0.312. The number of carbonyl (C=O) groups is 1. The number of benzene rings is 3. The van der Waals surface area contributed by atoms with E-state index in [4.69, 9.17) is 12.2 Å². The van der Waals surface area contributed by atoms with Crippen LogP contribution in [0.5, 0.6) is 0 Å². The van der Waals surface area contributed by atoms with Crippen LogP contribution in [0.15, 0.2) is 81.4 Å². The van der Waals surface area contributed by atoms with Crippen molar-refractivity contribution in [3.63, 3.8) is 0 Å². The lowest BCUT2D eigenvalue weighted by atomic mass is 10.1. The molecule has 2 nitrogen and oxygen atoms in total. The van der Waals surface area contributed by atoms with Gasteiger partial charge in [-0.3, -0.25) is 9.69 Å². The third-order valence-corrected chi connectivity index (χ3v) is 7.29. The van der Waals surface area contributed by atoms with E-state index >= 15 is 0 Å². The number of thioether (sulfide) groups is 1. The third kappa shape index (κ3) is 4.53. The van der Waals surface area contributed by atoms with Crippen LogP contribution in [-0.2, 0) is 4.79 Å². The second kappa shape index (κ2) is 8.80. The molecular formula is C25H21NOS3. The Hall–Kier alpha value is -2.34. The van der Waals surface area contributed by atoms with Crippen molar-refractivity contribution in [1.29, 1.82) is 0 Å². The van der Waals surface area contributed by atoms with Gasteiger partial charge in [0.1, 0.15) is 0 Å². The fourth-order valence-electron chi connectivity index (χ4n) is 3.08. The summed E-state index contributed by atoms with van der Waals surface area (Å²) in [4.78, 5) is 17.6. The number of rotatable bonds is 4. The fourth-order valence-corrected chi connectivity index (χ4v) is 5.20. The number of nitrogens with zero attached hydrogens (tertiary/aromatic N) is 1. The molecule has 4 rings (SSSR count). The molecule has 0 spiro atoms. The molecule has 1 fully saturated rings. The smallest absolute Gasteiger partial charge is 0.268 e. The number of hydrogen-bond acceptors (Lipinski definition) is 4. The lowest BCUT2D eigenvalue weighted by Gasteiger charge is -2.15. The maximum absolute atomic E-state index is 13.0. The van der Waals surface area contributed by atoms with Crippen molar-refractivity contribution in [3.05, 3.63) is 93.9 Å². The Kier molecular flexibility index (Phi) is 6.14. The van der Waals surface area contributed by atoms with Gasteiger partial charge in [-0.05, 0) is 79.9 Å². The van der Waals surface area contributed by atoms with Crippen LogP contribution < -0.4 is 4.90 Å². The molecule has 1 aliphatic rings. The first-order valence-electron chi connectivity index (χ1n) is 9.60. The van der Waals surface area contributed by atoms with Gasteiger partial charge in [0.25, 0.3) is 5.91 Å². The van der Waals surface area contributed by atoms with Gasteiger partial charge in [-0.2, -0.15) is 0 Å². The predicted octanol–water partition coefficient (Wildman–Crippen LogP) is 7.17. The molecule has 0 aromatic heterocycles. The summed E-state index contributed by atoms with van der Waals surface area (Å²) in [5, 5.41) is 0. The standard InChI is InChI=1S/C25H21NOS3/c1-16-4-10-21(11-5-16)29-22-12-7-19(8-13-22)15-23-24(27)26(25(28)30-23)20-9-6-17(2)18(3)14-20/h4-15H,1-3H3/b23-15-. The Morgan fingerprint density at radius 2 is 1.50 bits per heavy atom. The maximum Gasteiger partial charge on any atom is 0.270 e. The van der Waals surface area contributed by atoms with Gasteiger partial charge >= 0.3 is 0 Å². The molecule has 0 aliphatic carbocycles. The van der Waals surface area contributed by atoms with Gasteiger partial charge in [0, 0.05) is 9.79 Å². The lowest BCUT2D eigenvalue weighted by molar-refractivity contribution is -0.113. The van der Waals surface area contributed by atoms with E-state index in [1.165, 1.54) is 32.7 Å². The Morgan fingerprint density at radius 1 is 0.867 bits per heavy atom. The van der Waals surface area contributed by atoms with E-state index in [2.05, 4.69) is 50.2 Å². The van der Waals surface area contributed by atoms with Crippen LogP contribution in [0.3, 0.4) is 0 Å². The van der Waals surface area contributed by atoms with Crippen molar-refractivity contribution < 1.29 is 4.79 Å². The Balaban J connectivity index is 1.51. The van der Waals surface area contributed by atoms with Crippen molar-refractivity contribution >= 4 is 57.7 Å². The maximum atomic E-state index is 13.0. The van der Waals surface area contributed by atoms with Gasteiger partial charge in [0.05, 0.1) is 10.6 Å². The summed E-state index contributed by atoms with van der Waals surface area (Å²) in [5.41, 5.74) is 5.42. The van der Waals surface area contributed by atoms with Crippen molar-refractivity contribution in [1.82, 2.24) is 0 Å². The van der Waals surface area contributed by atoms with Gasteiger partial charge < -0.3 is 0 Å². The van der Waals surface area contributed by atoms with E-state index < -0.39 is 0 Å². The number of aryl methyl sites for hydroxylation is 3. The normalized spacial score (nSPS) is 15.3. The zero-order valence-corrected chi connectivity index (χ0v) is 19.5. The summed E-state index contributed by atoms with van der Waals surface area (Å²) >= 11 is 8.58. The number of thiocarbonyl (C=S) groups is 1. The number of amides is 1. The van der Waals surface area contributed by atoms with Crippen molar-refractivity contribution in [2.24, 2.45) is 0 Å². The van der Waals surface area contributed by atoms with Crippen LogP contribution in [0.2, 0.25) is 0 Å². The molecule has 0 saturated carbocycles. The second-order valence-electron chi connectivity index (χ2n) is 7.27. The topological polar surface area (TPSA) is 20.3 Å². The molecule has 1 heterocycles. The molecule has 0 bridgehead atoms. The molecule has 5 heteroatoms. The largest absolute Gasteiger partial charge is 0.270 e. The zero-order valence-electron chi connectivity index (χ0n) is 17.0. The Morgan fingerprint density at radius 3 is 2.13 bits per heavy atom. The average Bonchev–Trinajstić information content (AvgIpc) is 3.00. The highest BCUT2D eigenvalue weighted by Gasteiger charge is 2.33. The molecule has 0 unspecified atom stereocenters. The minimum atomic E-state index is -0.0636. The Bertz CT molecular complexity index is 1150. The summed E-state index contributed by atoms with van der Waals surface area (Å²) < 4.78 is 0.570. The summed E-state index contributed by atoms with van der Waals surface area (Å²) in [6.45, 7) is 6.19. The summed E-state index contributed by atoms with van der Waals surface area (Å²) in [7, 11) is 0. The molecule has 0 radical (unpaired) electrons. The van der Waals surface area contributed by atoms with Crippen LogP contribution in [0.4, 0.5) is 5.69 Å². The first kappa shape index (κ1) is 20.9. The molecule has 0 atom stereocenters. The van der Waals surface area contributed by atoms with E-state index in [1.807, 2.05) is 43.3 Å². The highest BCUT2D eigenvalue weighted by Crippen LogP contribution is 2.37. The van der Waals surface area contributed by atoms with Crippen LogP contribution in [0.1, 0.15) is 22.3 Å². The molecule has 0 N–H and O–H groups in total. The fraction of sp³-hybridized carbons (Fsp3) is 0.120. The van der Waals surface area contributed by atoms with Crippen LogP contribution in [0.25, 0.3) is 6.08 Å². The minimum absolute atomic E-state index is 0.0636. The van der Waals surface area contributed by atoms with Gasteiger partial charge in [-0.25, -0.2) is 0 Å². The summed E-state index contributed by atoms with van der Waals surface area (Å²) in [5.74, 6) is -0.0636. The van der Waals surface area contributed by atoms with Crippen molar-refractivity contribution in [2.45, 2.75) is 30.6 Å². The van der Waals surface area contributed by atoms with Crippen LogP contribution in [0, 0.1) is 20.8 Å². The second-order valence-corrected chi connectivity index (χ2v) is 10.1. The monoisotopic (exact) mass is 447 g/mol. The van der Waals surface area contributed by atoms with Crippen molar-refractivity contribution in [2.75, 3.05) is 4.90 Å². The highest BCUT2D eigenvalue weighted by atomic mass is 32.2. The molecule has 1 amide bonds. The number of anilines is 1. The molecular weight excluding hydrogens is 426 g/mol. The molecule has 1 saturated heterocycles. The van der Waals surface area contributed by atoms with E-state index in [-0.39, 0.29) is 5.91 Å². The molecule has 3 aromatic rings. The predicted molar refractivity (Wildman–Crippen MR) is 133 cm³/mol. The Labute approximate surface area is 191 Å². The van der Waals surface area contributed by atoms with Crippen LogP contribution in [-0.4, -0.2) is 10.2 Å². The minimum Gasteiger partial charge on any atom is -0.268 e. The first-order chi connectivity index (χ1) is 14.4. The van der Waals surface area contributed by atoms with E-state index in [0.717, 1.165) is 16.8 Å². The highest BCUT2D eigenvalue weighted by molar-refractivity contribution is 8.27. The first-order valence-corrected chi connectivity index (χ1v) is 11.6. The lowest BCUT2D eigenvalue weighted by Crippen LogP contribution is -2.27.